The molecule has 2 aromatic rings. The van der Waals surface area contributed by atoms with E-state index < -0.39 is 0 Å². The van der Waals surface area contributed by atoms with Gasteiger partial charge in [-0.05, 0) is 42.7 Å². The number of nitrogens with one attached hydrogen (secondary N) is 1. The van der Waals surface area contributed by atoms with Crippen LogP contribution in [0.5, 0.6) is 0 Å². The van der Waals surface area contributed by atoms with Gasteiger partial charge in [0.1, 0.15) is 0 Å². The van der Waals surface area contributed by atoms with Gasteiger partial charge in [0.25, 0.3) is 5.91 Å². The number of aryl methyl sites for hydroxylation is 2. The Morgan fingerprint density at radius 2 is 2.05 bits per heavy atom. The van der Waals surface area contributed by atoms with Crippen molar-refractivity contribution < 1.29 is 4.79 Å². The van der Waals surface area contributed by atoms with E-state index in [-0.39, 0.29) is 5.91 Å². The fourth-order valence-electron chi connectivity index (χ4n) is 2.06. The first-order valence-electron chi connectivity index (χ1n) is 6.47. The second-order valence-corrected chi connectivity index (χ2v) is 5.06. The topological polar surface area (TPSA) is 55.1 Å². The third-order valence-electron chi connectivity index (χ3n) is 3.24. The minimum absolute atomic E-state index is 0.184. The molecule has 0 spiro atoms. The molecule has 3 N–H and O–H groups in total. The minimum atomic E-state index is -0.184. The number of amides is 1. The van der Waals surface area contributed by atoms with Crippen LogP contribution >= 0.6 is 11.6 Å². The summed E-state index contributed by atoms with van der Waals surface area (Å²) in [5.41, 5.74) is 9.63. The van der Waals surface area contributed by atoms with Gasteiger partial charge in [0.2, 0.25) is 0 Å². The van der Waals surface area contributed by atoms with Crippen LogP contribution in [0.25, 0.3) is 0 Å². The molecule has 4 heteroatoms. The number of carbonyl (C=O) groups is 1. The van der Waals surface area contributed by atoms with E-state index in [1.807, 2.05) is 25.1 Å². The van der Waals surface area contributed by atoms with Crippen LogP contribution in [-0.2, 0) is 6.42 Å². The number of hydrogen-bond donors (Lipinski definition) is 2. The van der Waals surface area contributed by atoms with E-state index in [0.29, 0.717) is 16.3 Å². The Kier molecular flexibility index (Phi) is 4.30. The van der Waals surface area contributed by atoms with Crippen LogP contribution in [0.4, 0.5) is 11.4 Å². The van der Waals surface area contributed by atoms with E-state index in [4.69, 9.17) is 17.3 Å². The summed E-state index contributed by atoms with van der Waals surface area (Å²) >= 11 is 5.95. The number of benzene rings is 2. The molecule has 20 heavy (non-hydrogen) atoms. The van der Waals surface area contributed by atoms with E-state index in [9.17, 15) is 4.79 Å². The lowest BCUT2D eigenvalue weighted by atomic mass is 10.1. The Balaban J connectivity index is 2.30. The Bertz CT molecular complexity index is 653. The molecular weight excluding hydrogens is 272 g/mol. The lowest BCUT2D eigenvalue weighted by molar-refractivity contribution is 0.102. The molecule has 0 saturated carbocycles. The third kappa shape index (κ3) is 2.94. The summed E-state index contributed by atoms with van der Waals surface area (Å²) in [7, 11) is 0. The van der Waals surface area contributed by atoms with Crippen molar-refractivity contribution in [3.63, 3.8) is 0 Å². The van der Waals surface area contributed by atoms with Gasteiger partial charge < -0.3 is 11.1 Å². The predicted molar refractivity (Wildman–Crippen MR) is 84.4 cm³/mol. The lowest BCUT2D eigenvalue weighted by Gasteiger charge is -2.13. The van der Waals surface area contributed by atoms with Gasteiger partial charge in [0, 0.05) is 11.3 Å². The highest BCUT2D eigenvalue weighted by molar-refractivity contribution is 6.33. The summed E-state index contributed by atoms with van der Waals surface area (Å²) in [6.45, 7) is 4.04. The van der Waals surface area contributed by atoms with Crippen molar-refractivity contribution in [3.05, 3.63) is 58.1 Å². The molecule has 0 fully saturated rings. The molecule has 0 bridgehead atoms. The van der Waals surface area contributed by atoms with Crippen LogP contribution in [-0.4, -0.2) is 5.91 Å². The highest BCUT2D eigenvalue weighted by Crippen LogP contribution is 2.24. The molecule has 0 aliphatic rings. The van der Waals surface area contributed by atoms with Gasteiger partial charge in [-0.2, -0.15) is 0 Å². The van der Waals surface area contributed by atoms with E-state index in [0.717, 1.165) is 23.2 Å². The Morgan fingerprint density at radius 1 is 1.30 bits per heavy atom. The molecule has 0 saturated heterocycles. The molecule has 0 atom stereocenters. The number of nitrogen functional groups attached to an aromatic ring is 1. The van der Waals surface area contributed by atoms with E-state index in [1.54, 1.807) is 18.2 Å². The minimum Gasteiger partial charge on any atom is -0.398 e. The highest BCUT2D eigenvalue weighted by Gasteiger charge is 2.11. The van der Waals surface area contributed by atoms with Gasteiger partial charge in [-0.25, -0.2) is 0 Å². The Labute approximate surface area is 123 Å². The maximum absolute atomic E-state index is 12.3. The molecule has 3 nitrogen and oxygen atoms in total. The zero-order chi connectivity index (χ0) is 14.7. The second kappa shape index (κ2) is 5.97. The monoisotopic (exact) mass is 288 g/mol. The van der Waals surface area contributed by atoms with Crippen LogP contribution in [0, 0.1) is 6.92 Å². The summed E-state index contributed by atoms with van der Waals surface area (Å²) in [6, 6.07) is 10.9. The molecule has 104 valence electrons. The van der Waals surface area contributed by atoms with Crippen LogP contribution < -0.4 is 11.1 Å². The van der Waals surface area contributed by atoms with Gasteiger partial charge in [-0.1, -0.05) is 36.7 Å². The van der Waals surface area contributed by atoms with E-state index in [2.05, 4.69) is 12.2 Å². The first kappa shape index (κ1) is 14.4. The first-order valence-corrected chi connectivity index (χ1v) is 6.85. The molecule has 0 aliphatic carbocycles. The SMILES string of the molecule is CCc1cccc(C)c1NC(=O)c1ccc(N)c(Cl)c1. The number of hydrogen-bond acceptors (Lipinski definition) is 2. The average molecular weight is 289 g/mol. The molecule has 0 aliphatic heterocycles. The number of rotatable bonds is 3. The van der Waals surface area contributed by atoms with Gasteiger partial charge in [0.05, 0.1) is 10.7 Å². The zero-order valence-electron chi connectivity index (χ0n) is 11.5. The quantitative estimate of drug-likeness (QED) is 0.837. The lowest BCUT2D eigenvalue weighted by Crippen LogP contribution is -2.14. The van der Waals surface area contributed by atoms with Crippen molar-refractivity contribution in [2.75, 3.05) is 11.1 Å². The smallest absolute Gasteiger partial charge is 0.255 e. The van der Waals surface area contributed by atoms with E-state index in [1.165, 1.54) is 0 Å². The number of anilines is 2. The van der Waals surface area contributed by atoms with Gasteiger partial charge in [-0.3, -0.25) is 4.79 Å². The normalized spacial score (nSPS) is 10.3. The fraction of sp³-hybridized carbons (Fsp3) is 0.188. The van der Waals surface area contributed by atoms with Crippen LogP contribution in [0.15, 0.2) is 36.4 Å². The van der Waals surface area contributed by atoms with Crippen molar-refractivity contribution in [2.45, 2.75) is 20.3 Å². The molecular formula is C16H17ClN2O. The summed E-state index contributed by atoms with van der Waals surface area (Å²) in [5, 5.41) is 3.34. The molecule has 0 unspecified atom stereocenters. The molecule has 0 radical (unpaired) electrons. The molecule has 2 aromatic carbocycles. The standard InChI is InChI=1S/C16H17ClN2O/c1-3-11-6-4-5-10(2)15(11)19-16(20)12-7-8-14(18)13(17)9-12/h4-9H,3,18H2,1-2H3,(H,19,20). The van der Waals surface area contributed by atoms with Gasteiger partial charge in [-0.15, -0.1) is 0 Å². The zero-order valence-corrected chi connectivity index (χ0v) is 12.3. The van der Waals surface area contributed by atoms with E-state index >= 15 is 0 Å². The fourth-order valence-corrected chi connectivity index (χ4v) is 2.24. The third-order valence-corrected chi connectivity index (χ3v) is 3.57. The summed E-state index contributed by atoms with van der Waals surface area (Å²) < 4.78 is 0. The van der Waals surface area contributed by atoms with Crippen molar-refractivity contribution in [2.24, 2.45) is 0 Å². The van der Waals surface area contributed by atoms with Crippen molar-refractivity contribution in [1.82, 2.24) is 0 Å². The molecule has 2 rings (SSSR count). The van der Waals surface area contributed by atoms with Gasteiger partial charge >= 0.3 is 0 Å². The van der Waals surface area contributed by atoms with Crippen molar-refractivity contribution >= 4 is 28.9 Å². The van der Waals surface area contributed by atoms with Crippen molar-refractivity contribution in [3.8, 4) is 0 Å². The second-order valence-electron chi connectivity index (χ2n) is 4.65. The average Bonchev–Trinajstić information content (AvgIpc) is 2.44. The highest BCUT2D eigenvalue weighted by atomic mass is 35.5. The first-order chi connectivity index (χ1) is 9.52. The Morgan fingerprint density at radius 3 is 2.70 bits per heavy atom. The van der Waals surface area contributed by atoms with Crippen LogP contribution in [0.1, 0.15) is 28.4 Å². The number of nitrogens with two attached hydrogens (primary N) is 1. The van der Waals surface area contributed by atoms with Crippen LogP contribution in [0.2, 0.25) is 5.02 Å². The summed E-state index contributed by atoms with van der Waals surface area (Å²) in [6.07, 6.45) is 0.861. The number of para-hydroxylation sites is 1. The molecule has 0 aromatic heterocycles. The summed E-state index contributed by atoms with van der Waals surface area (Å²) in [4.78, 5) is 12.3. The largest absolute Gasteiger partial charge is 0.398 e. The predicted octanol–water partition coefficient (Wildman–Crippen LogP) is 4.05. The maximum Gasteiger partial charge on any atom is 0.255 e. The maximum atomic E-state index is 12.3. The Hall–Kier alpha value is -2.00. The number of halogens is 1. The number of carbonyl (C=O) groups excluding carboxylic acids is 1. The van der Waals surface area contributed by atoms with Crippen molar-refractivity contribution in [1.29, 1.82) is 0 Å². The molecule has 1 amide bonds. The van der Waals surface area contributed by atoms with Crippen LogP contribution in [0.3, 0.4) is 0 Å². The summed E-state index contributed by atoms with van der Waals surface area (Å²) in [5.74, 6) is -0.184. The van der Waals surface area contributed by atoms with Gasteiger partial charge in [0.15, 0.2) is 0 Å². The molecule has 0 heterocycles.